The number of hydrogen-bond acceptors (Lipinski definition) is 2. The lowest BCUT2D eigenvalue weighted by molar-refractivity contribution is 0.111. The minimum absolute atomic E-state index is 0.0719. The lowest BCUT2D eigenvalue weighted by Gasteiger charge is -2.16. The van der Waals surface area contributed by atoms with Crippen LogP contribution < -0.4 is 4.74 Å². The average molecular weight is 226 g/mol. The molecular weight excluding hydrogens is 212 g/mol. The van der Waals surface area contributed by atoms with Crippen molar-refractivity contribution < 1.29 is 9.53 Å². The molecule has 0 N–H and O–H groups in total. The zero-order chi connectivity index (χ0) is 12.1. The van der Waals surface area contributed by atoms with Crippen LogP contribution in [-0.4, -0.2) is 6.29 Å². The molecule has 0 fully saturated rings. The summed E-state index contributed by atoms with van der Waals surface area (Å²) in [6.07, 6.45) is 0.741. The van der Waals surface area contributed by atoms with Gasteiger partial charge in [0.1, 0.15) is 11.9 Å². The number of carbonyl (C=O) groups excluding carboxylic acids is 1. The first-order valence-electron chi connectivity index (χ1n) is 5.57. The van der Waals surface area contributed by atoms with Crippen molar-refractivity contribution in [1.82, 2.24) is 0 Å². The molecule has 2 heteroatoms. The van der Waals surface area contributed by atoms with Gasteiger partial charge in [-0.05, 0) is 24.6 Å². The second-order valence-corrected chi connectivity index (χ2v) is 3.83. The number of ether oxygens (including phenoxy) is 1. The van der Waals surface area contributed by atoms with E-state index in [4.69, 9.17) is 4.74 Å². The Morgan fingerprint density at radius 3 is 2.35 bits per heavy atom. The number of rotatable bonds is 4. The highest BCUT2D eigenvalue weighted by Crippen LogP contribution is 2.23. The lowest BCUT2D eigenvalue weighted by atomic mass is 10.1. The summed E-state index contributed by atoms with van der Waals surface area (Å²) in [7, 11) is 0. The highest BCUT2D eigenvalue weighted by Gasteiger charge is 2.08. The maximum absolute atomic E-state index is 10.9. The van der Waals surface area contributed by atoms with Crippen molar-refractivity contribution >= 4 is 6.29 Å². The maximum Gasteiger partial charge on any atom is 0.153 e. The quantitative estimate of drug-likeness (QED) is 0.744. The topological polar surface area (TPSA) is 26.3 Å². The average Bonchev–Trinajstić information content (AvgIpc) is 2.40. The van der Waals surface area contributed by atoms with E-state index in [1.165, 1.54) is 0 Å². The standard InChI is InChI=1S/C15H14O2/c1-12(13-7-3-2-4-8-13)17-15-10-6-5-9-14(15)11-16/h2-12H,1H3. The molecule has 0 amide bonds. The first kappa shape index (κ1) is 11.4. The maximum atomic E-state index is 10.9. The van der Waals surface area contributed by atoms with Gasteiger partial charge in [0.2, 0.25) is 0 Å². The predicted molar refractivity (Wildman–Crippen MR) is 67.3 cm³/mol. The van der Waals surface area contributed by atoms with E-state index < -0.39 is 0 Å². The molecule has 86 valence electrons. The smallest absolute Gasteiger partial charge is 0.153 e. The number of hydrogen-bond donors (Lipinski definition) is 0. The van der Waals surface area contributed by atoms with Crippen LogP contribution in [0.4, 0.5) is 0 Å². The first-order valence-corrected chi connectivity index (χ1v) is 5.57. The van der Waals surface area contributed by atoms with Gasteiger partial charge < -0.3 is 4.74 Å². The Morgan fingerprint density at radius 2 is 1.65 bits per heavy atom. The molecule has 0 saturated carbocycles. The van der Waals surface area contributed by atoms with E-state index in [-0.39, 0.29) is 6.10 Å². The van der Waals surface area contributed by atoms with Crippen LogP contribution in [0, 0.1) is 0 Å². The number of para-hydroxylation sites is 1. The predicted octanol–water partition coefficient (Wildman–Crippen LogP) is 3.64. The van der Waals surface area contributed by atoms with Crippen LogP contribution in [-0.2, 0) is 0 Å². The van der Waals surface area contributed by atoms with Crippen molar-refractivity contribution in [2.75, 3.05) is 0 Å². The van der Waals surface area contributed by atoms with E-state index in [2.05, 4.69) is 0 Å². The van der Waals surface area contributed by atoms with Gasteiger partial charge in [-0.2, -0.15) is 0 Å². The van der Waals surface area contributed by atoms with Crippen molar-refractivity contribution in [3.8, 4) is 5.75 Å². The Hall–Kier alpha value is -2.09. The van der Waals surface area contributed by atoms with Crippen molar-refractivity contribution in [1.29, 1.82) is 0 Å². The van der Waals surface area contributed by atoms with Crippen LogP contribution in [0.5, 0.6) is 5.75 Å². The van der Waals surface area contributed by atoms with Gasteiger partial charge >= 0.3 is 0 Å². The zero-order valence-electron chi connectivity index (χ0n) is 9.67. The van der Waals surface area contributed by atoms with Crippen LogP contribution >= 0.6 is 0 Å². The summed E-state index contributed by atoms with van der Waals surface area (Å²) in [5, 5.41) is 0. The molecule has 1 atom stereocenters. The van der Waals surface area contributed by atoms with Crippen LogP contribution in [0.15, 0.2) is 54.6 Å². The van der Waals surface area contributed by atoms with Gasteiger partial charge in [-0.15, -0.1) is 0 Å². The highest BCUT2D eigenvalue weighted by atomic mass is 16.5. The molecule has 0 aliphatic rings. The second kappa shape index (κ2) is 5.30. The fraction of sp³-hybridized carbons (Fsp3) is 0.133. The van der Waals surface area contributed by atoms with Gasteiger partial charge in [-0.1, -0.05) is 42.5 Å². The molecule has 0 heterocycles. The fourth-order valence-electron chi connectivity index (χ4n) is 1.67. The summed E-state index contributed by atoms with van der Waals surface area (Å²) >= 11 is 0. The molecule has 2 aromatic carbocycles. The Balaban J connectivity index is 2.18. The summed E-state index contributed by atoms with van der Waals surface area (Å²) in [6, 6.07) is 17.2. The van der Waals surface area contributed by atoms with E-state index in [0.29, 0.717) is 11.3 Å². The van der Waals surface area contributed by atoms with Crippen LogP contribution in [0.2, 0.25) is 0 Å². The highest BCUT2D eigenvalue weighted by molar-refractivity contribution is 5.79. The molecule has 1 unspecified atom stereocenters. The van der Waals surface area contributed by atoms with Crippen LogP contribution in [0.25, 0.3) is 0 Å². The molecule has 0 aromatic heterocycles. The summed E-state index contributed by atoms with van der Waals surface area (Å²) in [6.45, 7) is 1.97. The van der Waals surface area contributed by atoms with Gasteiger partial charge in [-0.25, -0.2) is 0 Å². The minimum atomic E-state index is -0.0719. The third kappa shape index (κ3) is 2.72. The number of carbonyl (C=O) groups is 1. The van der Waals surface area contributed by atoms with Crippen molar-refractivity contribution in [2.45, 2.75) is 13.0 Å². The Kier molecular flexibility index (Phi) is 3.55. The van der Waals surface area contributed by atoms with Crippen molar-refractivity contribution in [3.63, 3.8) is 0 Å². The molecule has 2 nitrogen and oxygen atoms in total. The number of benzene rings is 2. The molecule has 0 aliphatic carbocycles. The van der Waals surface area contributed by atoms with Crippen molar-refractivity contribution in [2.24, 2.45) is 0 Å². The van der Waals surface area contributed by atoms with E-state index in [0.717, 1.165) is 11.8 Å². The molecule has 0 bridgehead atoms. The molecular formula is C15H14O2. The summed E-state index contributed by atoms with van der Waals surface area (Å²) < 4.78 is 5.79. The van der Waals surface area contributed by atoms with Gasteiger partial charge in [0.05, 0.1) is 5.56 Å². The Labute approximate surface area is 101 Å². The number of aldehydes is 1. The largest absolute Gasteiger partial charge is 0.485 e. The lowest BCUT2D eigenvalue weighted by Crippen LogP contribution is -2.04. The Morgan fingerprint density at radius 1 is 1.00 bits per heavy atom. The second-order valence-electron chi connectivity index (χ2n) is 3.83. The van der Waals surface area contributed by atoms with E-state index >= 15 is 0 Å². The van der Waals surface area contributed by atoms with Crippen LogP contribution in [0.3, 0.4) is 0 Å². The fourth-order valence-corrected chi connectivity index (χ4v) is 1.67. The first-order chi connectivity index (χ1) is 8.31. The van der Waals surface area contributed by atoms with Crippen LogP contribution in [0.1, 0.15) is 28.9 Å². The summed E-state index contributed by atoms with van der Waals surface area (Å²) in [4.78, 5) is 10.9. The molecule has 2 rings (SSSR count). The normalized spacial score (nSPS) is 11.8. The molecule has 0 spiro atoms. The minimum Gasteiger partial charge on any atom is -0.485 e. The third-order valence-electron chi connectivity index (χ3n) is 2.62. The molecule has 17 heavy (non-hydrogen) atoms. The monoisotopic (exact) mass is 226 g/mol. The van der Waals surface area contributed by atoms with Gasteiger partial charge in [0.25, 0.3) is 0 Å². The third-order valence-corrected chi connectivity index (χ3v) is 2.62. The summed E-state index contributed by atoms with van der Waals surface area (Å²) in [5.74, 6) is 0.624. The molecule has 0 radical (unpaired) electrons. The van der Waals surface area contributed by atoms with Gasteiger partial charge in [0.15, 0.2) is 6.29 Å². The van der Waals surface area contributed by atoms with E-state index in [1.807, 2.05) is 55.5 Å². The molecule has 0 aliphatic heterocycles. The molecule has 2 aromatic rings. The molecule has 0 saturated heterocycles. The van der Waals surface area contributed by atoms with Crippen molar-refractivity contribution in [3.05, 3.63) is 65.7 Å². The Bertz CT molecular complexity index is 491. The SMILES string of the molecule is CC(Oc1ccccc1C=O)c1ccccc1. The van der Waals surface area contributed by atoms with E-state index in [1.54, 1.807) is 6.07 Å². The zero-order valence-corrected chi connectivity index (χ0v) is 9.67. The van der Waals surface area contributed by atoms with Gasteiger partial charge in [-0.3, -0.25) is 4.79 Å². The summed E-state index contributed by atoms with van der Waals surface area (Å²) in [5.41, 5.74) is 1.67. The van der Waals surface area contributed by atoms with E-state index in [9.17, 15) is 4.79 Å². The van der Waals surface area contributed by atoms with Gasteiger partial charge in [0, 0.05) is 0 Å².